The highest BCUT2D eigenvalue weighted by molar-refractivity contribution is 6.18. The van der Waals surface area contributed by atoms with Gasteiger partial charge in [-0.05, 0) is 64.9 Å². The lowest BCUT2D eigenvalue weighted by Crippen LogP contribution is -2.19. The Kier molecular flexibility index (Phi) is 5.03. The highest BCUT2D eigenvalue weighted by atomic mass is 35.5. The van der Waals surface area contributed by atoms with E-state index < -0.39 is 0 Å². The number of benzene rings is 3. The number of ether oxygens (including phenoxy) is 3. The van der Waals surface area contributed by atoms with Crippen LogP contribution in [0.2, 0.25) is 0 Å². The molecule has 0 fully saturated rings. The van der Waals surface area contributed by atoms with Crippen LogP contribution < -0.4 is 19.5 Å². The molecule has 0 saturated heterocycles. The predicted molar refractivity (Wildman–Crippen MR) is 132 cm³/mol. The number of allylic oxidation sites excluding steroid dienone is 1. The Balaban J connectivity index is 1.52. The third-order valence-corrected chi connectivity index (χ3v) is 7.27. The molecule has 34 heavy (non-hydrogen) atoms. The number of methoxy groups -OCH3 is 1. The molecule has 0 aromatic heterocycles. The van der Waals surface area contributed by atoms with E-state index in [4.69, 9.17) is 25.8 Å². The van der Waals surface area contributed by atoms with Gasteiger partial charge in [0.15, 0.2) is 11.5 Å². The second kappa shape index (κ2) is 8.10. The van der Waals surface area contributed by atoms with Gasteiger partial charge in [0.25, 0.3) is 0 Å². The monoisotopic (exact) mass is 473 g/mol. The first-order chi connectivity index (χ1) is 16.6. The third-order valence-electron chi connectivity index (χ3n) is 7.08. The molecule has 0 radical (unpaired) electrons. The smallest absolute Gasteiger partial charge is 0.232 e. The average Bonchev–Trinajstić information content (AvgIpc) is 3.51. The number of aryl methyl sites for hydroxylation is 1. The van der Waals surface area contributed by atoms with Crippen LogP contribution in [-0.4, -0.2) is 25.7 Å². The summed E-state index contributed by atoms with van der Waals surface area (Å²) in [6, 6.07) is 18.5. The zero-order valence-corrected chi connectivity index (χ0v) is 19.7. The average molecular weight is 474 g/mol. The number of carbonyl (C=O) groups excluding carboxylic acids is 1. The van der Waals surface area contributed by atoms with Gasteiger partial charge in [0.1, 0.15) is 0 Å². The summed E-state index contributed by atoms with van der Waals surface area (Å²) in [4.78, 5) is 13.3. The molecule has 1 aliphatic carbocycles. The Hall–Kier alpha value is -3.44. The number of alkyl halides is 1. The molecule has 0 bridgehead atoms. The predicted octanol–water partition coefficient (Wildman–Crippen LogP) is 5.86. The molecule has 5 nitrogen and oxygen atoms in total. The number of anilines is 1. The van der Waals surface area contributed by atoms with E-state index in [-0.39, 0.29) is 24.5 Å². The van der Waals surface area contributed by atoms with Crippen LogP contribution in [0.4, 0.5) is 5.69 Å². The zero-order valence-electron chi connectivity index (χ0n) is 19.0. The first-order valence-corrected chi connectivity index (χ1v) is 11.9. The van der Waals surface area contributed by atoms with Crippen molar-refractivity contribution in [2.75, 3.05) is 25.1 Å². The van der Waals surface area contributed by atoms with E-state index in [2.05, 4.69) is 30.4 Å². The van der Waals surface area contributed by atoms with Crippen LogP contribution in [0.15, 0.2) is 60.2 Å². The van der Waals surface area contributed by atoms with Gasteiger partial charge in [-0.15, -0.1) is 11.6 Å². The molecule has 6 rings (SSSR count). The number of halogens is 1. The summed E-state index contributed by atoms with van der Waals surface area (Å²) in [5, 5.41) is 3.10. The van der Waals surface area contributed by atoms with Crippen molar-refractivity contribution in [1.82, 2.24) is 0 Å². The fourth-order valence-electron chi connectivity index (χ4n) is 5.61. The van der Waals surface area contributed by atoms with Crippen molar-refractivity contribution in [3.05, 3.63) is 88.0 Å². The Bertz CT molecular complexity index is 1360. The second-order valence-electron chi connectivity index (χ2n) is 8.86. The Labute approximate surface area is 203 Å². The van der Waals surface area contributed by atoms with Crippen molar-refractivity contribution in [2.45, 2.75) is 25.2 Å². The van der Waals surface area contributed by atoms with Gasteiger partial charge in [-0.2, -0.15) is 0 Å². The van der Waals surface area contributed by atoms with E-state index in [9.17, 15) is 4.79 Å². The van der Waals surface area contributed by atoms with Gasteiger partial charge in [0.2, 0.25) is 18.4 Å². The molecule has 2 unspecified atom stereocenters. The molecule has 3 aromatic carbocycles. The Morgan fingerprint density at radius 1 is 1.06 bits per heavy atom. The molecule has 3 aromatic rings. The zero-order chi connectivity index (χ0) is 23.4. The van der Waals surface area contributed by atoms with Crippen molar-refractivity contribution >= 4 is 28.8 Å². The third kappa shape index (κ3) is 3.11. The summed E-state index contributed by atoms with van der Waals surface area (Å²) in [7, 11) is 1.63. The van der Waals surface area contributed by atoms with E-state index in [0.29, 0.717) is 23.1 Å². The Morgan fingerprint density at radius 3 is 2.74 bits per heavy atom. The maximum Gasteiger partial charge on any atom is 0.232 e. The molecule has 1 N–H and O–H groups in total. The number of nitrogens with one attached hydrogen (secondary N) is 1. The fourth-order valence-corrected chi connectivity index (χ4v) is 5.83. The van der Waals surface area contributed by atoms with Gasteiger partial charge in [-0.3, -0.25) is 4.79 Å². The molecule has 1 amide bonds. The molecule has 0 saturated carbocycles. The molecule has 2 aliphatic heterocycles. The van der Waals surface area contributed by atoms with E-state index >= 15 is 0 Å². The highest BCUT2D eigenvalue weighted by Gasteiger charge is 2.43. The molecule has 2 atom stereocenters. The van der Waals surface area contributed by atoms with Crippen molar-refractivity contribution in [1.29, 1.82) is 0 Å². The molecule has 3 aliphatic rings. The number of fused-ring (bicyclic) bond motifs is 3. The lowest BCUT2D eigenvalue weighted by molar-refractivity contribution is -0.117. The molecule has 6 heteroatoms. The van der Waals surface area contributed by atoms with E-state index in [1.165, 1.54) is 0 Å². The van der Waals surface area contributed by atoms with Gasteiger partial charge in [0.05, 0.1) is 13.0 Å². The SMILES string of the molecule is COc1cc(C2=C(C)C(C3C(=O)Nc4ccc(CCCl)cc43)c3ccccc32)cc2c1OCO2. The molecule has 2 heterocycles. The van der Waals surface area contributed by atoms with Crippen LogP contribution >= 0.6 is 11.6 Å². The molecule has 0 spiro atoms. The normalized spacial score (nSPS) is 19.8. The lowest BCUT2D eigenvalue weighted by Gasteiger charge is -2.21. The number of carbonyl (C=O) groups is 1. The van der Waals surface area contributed by atoms with Crippen LogP contribution in [0, 0.1) is 0 Å². The minimum atomic E-state index is -0.306. The summed E-state index contributed by atoms with van der Waals surface area (Å²) in [6.45, 7) is 2.31. The minimum absolute atomic E-state index is 0.0293. The van der Waals surface area contributed by atoms with E-state index in [0.717, 1.165) is 51.1 Å². The first-order valence-electron chi connectivity index (χ1n) is 11.4. The van der Waals surface area contributed by atoms with Gasteiger partial charge in [-0.1, -0.05) is 42.0 Å². The van der Waals surface area contributed by atoms with Crippen molar-refractivity contribution in [3.63, 3.8) is 0 Å². The van der Waals surface area contributed by atoms with Crippen LogP contribution in [0.1, 0.15) is 46.6 Å². The van der Waals surface area contributed by atoms with E-state index in [1.807, 2.05) is 36.4 Å². The molecular formula is C28H24ClNO4. The summed E-state index contributed by atoms with van der Waals surface area (Å²) < 4.78 is 16.9. The topological polar surface area (TPSA) is 56.8 Å². The molecule has 172 valence electrons. The van der Waals surface area contributed by atoms with Crippen LogP contribution in [0.25, 0.3) is 5.57 Å². The fraction of sp³-hybridized carbons (Fsp3) is 0.250. The van der Waals surface area contributed by atoms with E-state index in [1.54, 1.807) is 7.11 Å². The first kappa shape index (κ1) is 21.1. The Morgan fingerprint density at radius 2 is 1.91 bits per heavy atom. The summed E-state index contributed by atoms with van der Waals surface area (Å²) in [5.74, 6) is 2.14. The van der Waals surface area contributed by atoms with Crippen LogP contribution in [-0.2, 0) is 11.2 Å². The number of amides is 1. The number of hydrogen-bond acceptors (Lipinski definition) is 4. The highest BCUT2D eigenvalue weighted by Crippen LogP contribution is 2.55. The quantitative estimate of drug-likeness (QED) is 0.471. The summed E-state index contributed by atoms with van der Waals surface area (Å²) >= 11 is 6.00. The summed E-state index contributed by atoms with van der Waals surface area (Å²) in [5.41, 5.74) is 8.60. The van der Waals surface area contributed by atoms with Crippen LogP contribution in [0.3, 0.4) is 0 Å². The number of hydrogen-bond donors (Lipinski definition) is 1. The molecular weight excluding hydrogens is 450 g/mol. The second-order valence-corrected chi connectivity index (χ2v) is 9.24. The standard InChI is InChI=1S/C28H24ClNO4/c1-15-24(17-12-22(32-2)27-23(13-17)33-14-34-27)18-5-3-4-6-19(18)25(15)26-20-11-16(9-10-29)7-8-21(20)30-28(26)31/h3-8,11-13,25-26H,9-10,14H2,1-2H3,(H,30,31). The van der Waals surface area contributed by atoms with Gasteiger partial charge in [0, 0.05) is 17.5 Å². The van der Waals surface area contributed by atoms with Crippen molar-refractivity contribution < 1.29 is 19.0 Å². The van der Waals surface area contributed by atoms with Crippen LogP contribution in [0.5, 0.6) is 17.2 Å². The van der Waals surface area contributed by atoms with Gasteiger partial charge in [-0.25, -0.2) is 0 Å². The minimum Gasteiger partial charge on any atom is -0.493 e. The maximum atomic E-state index is 13.3. The lowest BCUT2D eigenvalue weighted by atomic mass is 9.80. The van der Waals surface area contributed by atoms with Crippen molar-refractivity contribution in [3.8, 4) is 17.2 Å². The number of rotatable bonds is 5. The largest absolute Gasteiger partial charge is 0.493 e. The maximum absolute atomic E-state index is 13.3. The van der Waals surface area contributed by atoms with Gasteiger partial charge < -0.3 is 19.5 Å². The summed E-state index contributed by atoms with van der Waals surface area (Å²) in [6.07, 6.45) is 0.772. The van der Waals surface area contributed by atoms with Gasteiger partial charge >= 0.3 is 0 Å². The van der Waals surface area contributed by atoms with Crippen molar-refractivity contribution in [2.24, 2.45) is 0 Å².